The number of hydrogen-bond acceptors (Lipinski definition) is 2. The molecule has 0 aliphatic heterocycles. The summed E-state index contributed by atoms with van der Waals surface area (Å²) in [6.07, 6.45) is 0.0975. The van der Waals surface area contributed by atoms with Gasteiger partial charge in [-0.1, -0.05) is 54.6 Å². The van der Waals surface area contributed by atoms with Gasteiger partial charge in [-0.3, -0.25) is 9.59 Å². The van der Waals surface area contributed by atoms with Crippen LogP contribution in [-0.2, 0) is 17.8 Å². The van der Waals surface area contributed by atoms with Gasteiger partial charge in [0.2, 0.25) is 5.91 Å². The molecule has 3 aromatic rings. The van der Waals surface area contributed by atoms with E-state index in [1.807, 2.05) is 30.3 Å². The van der Waals surface area contributed by atoms with E-state index in [4.69, 9.17) is 0 Å². The largest absolute Gasteiger partial charge is 0.348 e. The van der Waals surface area contributed by atoms with E-state index in [1.165, 1.54) is 12.1 Å². The molecule has 0 spiro atoms. The van der Waals surface area contributed by atoms with Gasteiger partial charge in [0.05, 0.1) is 17.7 Å². The lowest BCUT2D eigenvalue weighted by atomic mass is 10.1. The molecule has 0 aliphatic carbocycles. The highest BCUT2D eigenvalue weighted by molar-refractivity contribution is 6.04. The van der Waals surface area contributed by atoms with Crippen LogP contribution in [-0.4, -0.2) is 11.8 Å². The second-order valence-electron chi connectivity index (χ2n) is 6.07. The van der Waals surface area contributed by atoms with Crippen molar-refractivity contribution in [2.24, 2.45) is 0 Å². The van der Waals surface area contributed by atoms with Crippen molar-refractivity contribution in [3.8, 4) is 0 Å². The molecule has 3 rings (SSSR count). The van der Waals surface area contributed by atoms with Crippen molar-refractivity contribution in [2.45, 2.75) is 13.0 Å². The zero-order chi connectivity index (χ0) is 19.1. The quantitative estimate of drug-likeness (QED) is 0.698. The van der Waals surface area contributed by atoms with E-state index in [-0.39, 0.29) is 24.1 Å². The van der Waals surface area contributed by atoms with Crippen LogP contribution in [0.15, 0.2) is 78.9 Å². The standard InChI is InChI=1S/C22H19FN2O2/c23-18-12-10-16(11-13-18)14-21(26)25-20-9-5-4-8-19(20)22(27)24-15-17-6-2-1-3-7-17/h1-13H,14-15H2,(H,24,27)(H,25,26). The van der Waals surface area contributed by atoms with Gasteiger partial charge in [0.1, 0.15) is 5.82 Å². The van der Waals surface area contributed by atoms with Crippen molar-refractivity contribution in [1.29, 1.82) is 0 Å². The van der Waals surface area contributed by atoms with E-state index in [9.17, 15) is 14.0 Å². The van der Waals surface area contributed by atoms with Crippen LogP contribution in [0.1, 0.15) is 21.5 Å². The monoisotopic (exact) mass is 362 g/mol. The van der Waals surface area contributed by atoms with Crippen molar-refractivity contribution in [1.82, 2.24) is 5.32 Å². The summed E-state index contributed by atoms with van der Waals surface area (Å²) in [5, 5.41) is 5.61. The lowest BCUT2D eigenvalue weighted by Crippen LogP contribution is -2.25. The molecule has 0 radical (unpaired) electrons. The third kappa shape index (κ3) is 5.25. The third-order valence-electron chi connectivity index (χ3n) is 4.02. The number of nitrogens with one attached hydrogen (secondary N) is 2. The molecular formula is C22H19FN2O2. The fourth-order valence-corrected chi connectivity index (χ4v) is 2.65. The van der Waals surface area contributed by atoms with Crippen LogP contribution in [0.4, 0.5) is 10.1 Å². The zero-order valence-electron chi connectivity index (χ0n) is 14.6. The zero-order valence-corrected chi connectivity index (χ0v) is 14.6. The van der Waals surface area contributed by atoms with Crippen LogP contribution in [0.5, 0.6) is 0 Å². The van der Waals surface area contributed by atoms with E-state index in [1.54, 1.807) is 36.4 Å². The molecule has 0 aromatic heterocycles. The summed E-state index contributed by atoms with van der Waals surface area (Å²) < 4.78 is 13.0. The highest BCUT2D eigenvalue weighted by Gasteiger charge is 2.13. The third-order valence-corrected chi connectivity index (χ3v) is 4.02. The van der Waals surface area contributed by atoms with Gasteiger partial charge in [0.15, 0.2) is 0 Å². The van der Waals surface area contributed by atoms with Crippen molar-refractivity contribution < 1.29 is 14.0 Å². The Labute approximate surface area is 157 Å². The number of amides is 2. The highest BCUT2D eigenvalue weighted by atomic mass is 19.1. The lowest BCUT2D eigenvalue weighted by Gasteiger charge is -2.12. The second kappa shape index (κ2) is 8.76. The molecule has 0 bridgehead atoms. The molecule has 3 aromatic carbocycles. The van der Waals surface area contributed by atoms with Crippen molar-refractivity contribution in [3.63, 3.8) is 0 Å². The van der Waals surface area contributed by atoms with Crippen molar-refractivity contribution in [2.75, 3.05) is 5.32 Å². The highest BCUT2D eigenvalue weighted by Crippen LogP contribution is 2.16. The van der Waals surface area contributed by atoms with Crippen LogP contribution in [0.2, 0.25) is 0 Å². The molecule has 0 unspecified atom stereocenters. The van der Waals surface area contributed by atoms with Gasteiger partial charge in [0, 0.05) is 6.54 Å². The molecule has 136 valence electrons. The molecule has 4 nitrogen and oxygen atoms in total. The molecule has 0 heterocycles. The maximum Gasteiger partial charge on any atom is 0.253 e. The maximum absolute atomic E-state index is 13.0. The summed E-state index contributed by atoms with van der Waals surface area (Å²) in [6.45, 7) is 0.400. The Bertz CT molecular complexity index is 925. The first kappa shape index (κ1) is 18.3. The second-order valence-corrected chi connectivity index (χ2v) is 6.07. The van der Waals surface area contributed by atoms with Crippen molar-refractivity contribution in [3.05, 3.63) is 101 Å². The minimum absolute atomic E-state index is 0.0975. The summed E-state index contributed by atoms with van der Waals surface area (Å²) >= 11 is 0. The molecule has 5 heteroatoms. The van der Waals surface area contributed by atoms with Gasteiger partial charge in [-0.15, -0.1) is 0 Å². The summed E-state index contributed by atoms with van der Waals surface area (Å²) in [4.78, 5) is 24.8. The Kier molecular flexibility index (Phi) is 5.94. The first-order valence-electron chi connectivity index (χ1n) is 8.57. The normalized spacial score (nSPS) is 10.3. The van der Waals surface area contributed by atoms with E-state index in [2.05, 4.69) is 10.6 Å². The predicted octanol–water partition coefficient (Wildman–Crippen LogP) is 3.94. The van der Waals surface area contributed by atoms with Crippen LogP contribution < -0.4 is 10.6 Å². The smallest absolute Gasteiger partial charge is 0.253 e. The summed E-state index contributed by atoms with van der Waals surface area (Å²) in [6, 6.07) is 22.2. The average molecular weight is 362 g/mol. The van der Waals surface area contributed by atoms with E-state index < -0.39 is 0 Å². The number of benzene rings is 3. The summed E-state index contributed by atoms with van der Waals surface area (Å²) in [7, 11) is 0. The average Bonchev–Trinajstić information content (AvgIpc) is 2.69. The minimum atomic E-state index is -0.348. The molecule has 0 saturated heterocycles. The van der Waals surface area contributed by atoms with Crippen LogP contribution in [0.25, 0.3) is 0 Å². The van der Waals surface area contributed by atoms with E-state index in [0.29, 0.717) is 23.4 Å². The Hall–Kier alpha value is -3.47. The molecule has 0 atom stereocenters. The van der Waals surface area contributed by atoms with Crippen molar-refractivity contribution >= 4 is 17.5 Å². The lowest BCUT2D eigenvalue weighted by molar-refractivity contribution is -0.115. The Morgan fingerprint density at radius 2 is 1.44 bits per heavy atom. The number of para-hydroxylation sites is 1. The van der Waals surface area contributed by atoms with Crippen LogP contribution in [0.3, 0.4) is 0 Å². The number of rotatable bonds is 6. The van der Waals surface area contributed by atoms with Gasteiger partial charge in [-0.2, -0.15) is 0 Å². The van der Waals surface area contributed by atoms with Gasteiger partial charge in [0.25, 0.3) is 5.91 Å². The van der Waals surface area contributed by atoms with E-state index >= 15 is 0 Å². The molecule has 2 N–H and O–H groups in total. The first-order valence-corrected chi connectivity index (χ1v) is 8.57. The van der Waals surface area contributed by atoms with E-state index in [0.717, 1.165) is 5.56 Å². The topological polar surface area (TPSA) is 58.2 Å². The number of halogens is 1. The SMILES string of the molecule is O=C(Cc1ccc(F)cc1)Nc1ccccc1C(=O)NCc1ccccc1. The summed E-state index contributed by atoms with van der Waals surface area (Å²) in [5.74, 6) is -0.888. The summed E-state index contributed by atoms with van der Waals surface area (Å²) in [5.41, 5.74) is 2.51. The van der Waals surface area contributed by atoms with Crippen LogP contribution >= 0.6 is 0 Å². The fraction of sp³-hybridized carbons (Fsp3) is 0.0909. The van der Waals surface area contributed by atoms with Gasteiger partial charge < -0.3 is 10.6 Å². The van der Waals surface area contributed by atoms with Gasteiger partial charge in [-0.25, -0.2) is 4.39 Å². The first-order chi connectivity index (χ1) is 13.1. The van der Waals surface area contributed by atoms with Gasteiger partial charge in [-0.05, 0) is 35.4 Å². The molecule has 0 saturated carbocycles. The fourth-order valence-electron chi connectivity index (χ4n) is 2.65. The maximum atomic E-state index is 13.0. The Morgan fingerprint density at radius 1 is 0.778 bits per heavy atom. The molecule has 0 fully saturated rings. The molecule has 0 aliphatic rings. The minimum Gasteiger partial charge on any atom is -0.348 e. The molecule has 2 amide bonds. The van der Waals surface area contributed by atoms with Gasteiger partial charge >= 0.3 is 0 Å². The predicted molar refractivity (Wildman–Crippen MR) is 103 cm³/mol. The number of carbonyl (C=O) groups is 2. The molecular weight excluding hydrogens is 343 g/mol. The number of carbonyl (C=O) groups excluding carboxylic acids is 2. The Morgan fingerprint density at radius 3 is 2.19 bits per heavy atom. The number of hydrogen-bond donors (Lipinski definition) is 2. The molecule has 27 heavy (non-hydrogen) atoms. The number of anilines is 1. The Balaban J connectivity index is 1.65. The van der Waals surface area contributed by atoms with Crippen LogP contribution in [0, 0.1) is 5.82 Å².